The third-order valence-electron chi connectivity index (χ3n) is 11.9. The monoisotopic (exact) mass is 786 g/mol. The molecule has 0 aromatic carbocycles. The first-order valence-corrected chi connectivity index (χ1v) is 26.8. The third kappa shape index (κ3) is 49.9. The number of quaternary nitrogens is 1. The Bertz CT molecular complexity index is 676. The summed E-state index contributed by atoms with van der Waals surface area (Å²) in [7, 11) is -3.92. The van der Waals surface area contributed by atoms with Gasteiger partial charge < -0.3 is 9.04 Å². The molecule has 0 bridgehead atoms. The van der Waals surface area contributed by atoms with Crippen molar-refractivity contribution in [1.29, 1.82) is 0 Å². The fourth-order valence-electron chi connectivity index (χ4n) is 8.41. The van der Waals surface area contributed by atoms with Crippen molar-refractivity contribution in [3.8, 4) is 0 Å². The van der Waals surface area contributed by atoms with Crippen LogP contribution in [0, 0.1) is 0 Å². The average Bonchev–Trinajstić information content (AvgIpc) is 3.14. The molecule has 0 spiro atoms. The van der Waals surface area contributed by atoms with Crippen LogP contribution in [-0.2, 0) is 10.1 Å². The van der Waals surface area contributed by atoms with Crippen LogP contribution in [0.15, 0.2) is 0 Å². The second-order valence-corrected chi connectivity index (χ2v) is 19.1. The Kier molecular flexibility index (Phi) is 47.2. The molecule has 4 nitrogen and oxygen atoms in total. The second kappa shape index (κ2) is 45.6. The van der Waals surface area contributed by atoms with E-state index in [-0.39, 0.29) is 0 Å². The van der Waals surface area contributed by atoms with E-state index in [1.807, 2.05) is 0 Å². The molecule has 0 fully saturated rings. The van der Waals surface area contributed by atoms with Gasteiger partial charge in [-0.2, -0.15) is 0 Å². The third-order valence-corrected chi connectivity index (χ3v) is 11.9. The topological polar surface area (TPSA) is 57.2 Å². The maximum absolute atomic E-state index is 9.08. The molecule has 0 aliphatic heterocycles. The Morgan fingerprint density at radius 3 is 0.519 bits per heavy atom. The van der Waals surface area contributed by atoms with E-state index in [9.17, 15) is 0 Å². The summed E-state index contributed by atoms with van der Waals surface area (Å²) in [6.45, 7) is 15.3. The molecule has 0 unspecified atom stereocenters. The molecule has 328 valence electrons. The highest BCUT2D eigenvalue weighted by Gasteiger charge is 2.25. The maximum atomic E-state index is 9.08. The van der Waals surface area contributed by atoms with E-state index in [2.05, 4.69) is 27.7 Å². The SMILES string of the molecule is CCCCCCCCCCCC[N+](CCCCCCCCCCCC)(CCCCCCCCCCCC)CCCCCCCCCCCC.CS(=O)(=O)[O-]. The molecule has 0 aliphatic carbocycles. The quantitative estimate of drug-likeness (QED) is 0.0351. The number of hydrogen-bond acceptors (Lipinski definition) is 3. The van der Waals surface area contributed by atoms with E-state index in [1.165, 1.54) is 287 Å². The zero-order chi connectivity index (χ0) is 40.1. The predicted molar refractivity (Wildman–Crippen MR) is 243 cm³/mol. The van der Waals surface area contributed by atoms with Gasteiger partial charge in [0.1, 0.15) is 0 Å². The highest BCUT2D eigenvalue weighted by Crippen LogP contribution is 2.22. The predicted octanol–water partition coefficient (Wildman–Crippen LogP) is 16.6. The average molecular weight is 786 g/mol. The Hall–Kier alpha value is -0.130. The molecule has 0 heterocycles. The van der Waals surface area contributed by atoms with Crippen molar-refractivity contribution in [3.63, 3.8) is 0 Å². The van der Waals surface area contributed by atoms with Crippen molar-refractivity contribution < 1.29 is 17.5 Å². The van der Waals surface area contributed by atoms with Crippen LogP contribution in [0.5, 0.6) is 0 Å². The molecule has 0 rings (SSSR count). The summed E-state index contributed by atoms with van der Waals surface area (Å²) in [6.07, 6.45) is 59.3. The molecular formula is C49H103NO3S. The van der Waals surface area contributed by atoms with Crippen molar-refractivity contribution in [1.82, 2.24) is 0 Å². The Morgan fingerprint density at radius 1 is 0.278 bits per heavy atom. The van der Waals surface area contributed by atoms with Crippen LogP contribution in [-0.4, -0.2) is 49.9 Å². The number of nitrogens with zero attached hydrogens (tertiary/aromatic N) is 1. The van der Waals surface area contributed by atoms with E-state index in [0.717, 1.165) is 0 Å². The van der Waals surface area contributed by atoms with Gasteiger partial charge in [0, 0.05) is 6.26 Å². The van der Waals surface area contributed by atoms with Crippen molar-refractivity contribution in [3.05, 3.63) is 0 Å². The van der Waals surface area contributed by atoms with Crippen molar-refractivity contribution in [2.45, 2.75) is 285 Å². The molecule has 0 aliphatic rings. The summed E-state index contributed by atoms with van der Waals surface area (Å²) in [5, 5.41) is 0. The lowest BCUT2D eigenvalue weighted by molar-refractivity contribution is -0.929. The minimum Gasteiger partial charge on any atom is -0.748 e. The number of unbranched alkanes of at least 4 members (excludes halogenated alkanes) is 36. The molecule has 0 saturated carbocycles. The Balaban J connectivity index is 0. The molecule has 0 saturated heterocycles. The lowest BCUT2D eigenvalue weighted by atomic mass is 10.0. The van der Waals surface area contributed by atoms with Crippen LogP contribution in [0.25, 0.3) is 0 Å². The van der Waals surface area contributed by atoms with Crippen LogP contribution in [0.3, 0.4) is 0 Å². The first-order chi connectivity index (χ1) is 26.2. The summed E-state index contributed by atoms with van der Waals surface area (Å²) in [5.74, 6) is 0. The van der Waals surface area contributed by atoms with Crippen LogP contribution in [0.2, 0.25) is 0 Å². The van der Waals surface area contributed by atoms with Crippen molar-refractivity contribution in [2.75, 3.05) is 32.4 Å². The highest BCUT2D eigenvalue weighted by molar-refractivity contribution is 7.84. The molecule has 0 aromatic heterocycles. The lowest BCUT2D eigenvalue weighted by Crippen LogP contribution is -2.50. The molecule has 5 heteroatoms. The van der Waals surface area contributed by atoms with Crippen molar-refractivity contribution in [2.24, 2.45) is 0 Å². The van der Waals surface area contributed by atoms with E-state index in [0.29, 0.717) is 6.26 Å². The fourth-order valence-corrected chi connectivity index (χ4v) is 8.41. The van der Waals surface area contributed by atoms with Crippen LogP contribution in [0.1, 0.15) is 285 Å². The first-order valence-electron chi connectivity index (χ1n) is 25.0. The minimum atomic E-state index is -3.92. The molecular weight excluding hydrogens is 683 g/mol. The zero-order valence-electron chi connectivity index (χ0n) is 38.2. The lowest BCUT2D eigenvalue weighted by Gasteiger charge is -2.40. The summed E-state index contributed by atoms with van der Waals surface area (Å²) in [5.41, 5.74) is 0. The Morgan fingerprint density at radius 2 is 0.389 bits per heavy atom. The second-order valence-electron chi connectivity index (χ2n) is 17.7. The molecule has 0 radical (unpaired) electrons. The van der Waals surface area contributed by atoms with E-state index < -0.39 is 10.1 Å². The normalized spacial score (nSPS) is 12.0. The molecule has 0 N–H and O–H groups in total. The molecule has 54 heavy (non-hydrogen) atoms. The van der Waals surface area contributed by atoms with Gasteiger partial charge in [-0.3, -0.25) is 0 Å². The maximum Gasteiger partial charge on any atom is 0.0916 e. The molecule has 0 atom stereocenters. The smallest absolute Gasteiger partial charge is 0.0916 e. The van der Waals surface area contributed by atoms with Gasteiger partial charge in [0.15, 0.2) is 0 Å². The minimum absolute atomic E-state index is 0.604. The van der Waals surface area contributed by atoms with Gasteiger partial charge in [-0.15, -0.1) is 0 Å². The van der Waals surface area contributed by atoms with Crippen LogP contribution < -0.4 is 0 Å². The largest absolute Gasteiger partial charge is 0.748 e. The van der Waals surface area contributed by atoms with Gasteiger partial charge in [-0.05, 0) is 51.4 Å². The molecule has 0 aromatic rings. The summed E-state index contributed by atoms with van der Waals surface area (Å²) in [4.78, 5) is 0. The highest BCUT2D eigenvalue weighted by atomic mass is 32.2. The summed E-state index contributed by atoms with van der Waals surface area (Å²) in [6, 6.07) is 0. The van der Waals surface area contributed by atoms with Gasteiger partial charge in [0.05, 0.1) is 36.3 Å². The first kappa shape index (κ1) is 56.0. The van der Waals surface area contributed by atoms with Gasteiger partial charge in [0.25, 0.3) is 0 Å². The number of hydrogen-bond donors (Lipinski definition) is 0. The van der Waals surface area contributed by atoms with Gasteiger partial charge >= 0.3 is 0 Å². The van der Waals surface area contributed by atoms with E-state index >= 15 is 0 Å². The summed E-state index contributed by atoms with van der Waals surface area (Å²) >= 11 is 0. The molecule has 0 amide bonds. The summed E-state index contributed by atoms with van der Waals surface area (Å²) < 4.78 is 28.7. The van der Waals surface area contributed by atoms with Gasteiger partial charge in [-0.25, -0.2) is 8.42 Å². The van der Waals surface area contributed by atoms with E-state index in [4.69, 9.17) is 13.0 Å². The zero-order valence-corrected chi connectivity index (χ0v) is 39.0. The van der Waals surface area contributed by atoms with E-state index in [1.54, 1.807) is 0 Å². The van der Waals surface area contributed by atoms with Gasteiger partial charge in [0.2, 0.25) is 0 Å². The Labute approximate surface area is 343 Å². The van der Waals surface area contributed by atoms with Gasteiger partial charge in [-0.1, -0.05) is 233 Å². The van der Waals surface area contributed by atoms with Crippen molar-refractivity contribution >= 4 is 10.1 Å². The standard InChI is InChI=1S/C48H100N.CH4O3S/c1-5-9-13-17-21-25-29-33-37-41-45-49(46-42-38-34-30-26-22-18-14-10-6-2,47-43-39-35-31-27-23-19-15-11-7-3)48-44-40-36-32-28-24-20-16-12-8-4;1-5(2,3)4/h5-48H2,1-4H3;1H3,(H,2,3,4)/q+1;/p-1. The van der Waals surface area contributed by atoms with Crippen LogP contribution in [0.4, 0.5) is 0 Å². The fraction of sp³-hybridized carbons (Fsp3) is 1.00. The number of rotatable bonds is 44. The van der Waals surface area contributed by atoms with Crippen LogP contribution >= 0.6 is 0 Å².